The summed E-state index contributed by atoms with van der Waals surface area (Å²) in [7, 11) is 2.03. The average Bonchev–Trinajstić information content (AvgIpc) is 3.28. The monoisotopic (exact) mass is 542 g/mol. The van der Waals surface area contributed by atoms with Crippen LogP contribution in [0.5, 0.6) is 0 Å². The standard InChI is InChI=1S/C35H46N2O3/c1-23-10-12-24(13-11-23)22-29(25-8-6-5-7-9-25)36-33(39)40-31-17-15-27-26-14-16-30-34(2,21-19-32(38)37(30)4)28(26)18-20-35(27,31)3/h5-13,26-31H,14-22H2,1-4H3,(H,36,39)/t26-,27-,28-,29?,30+,31-,34+,35-/m0/s1. The van der Waals surface area contributed by atoms with Crippen LogP contribution in [0.25, 0.3) is 0 Å². The van der Waals surface area contributed by atoms with Crippen molar-refractivity contribution < 1.29 is 14.3 Å². The highest BCUT2D eigenvalue weighted by atomic mass is 16.6. The maximum absolute atomic E-state index is 13.5. The summed E-state index contributed by atoms with van der Waals surface area (Å²) >= 11 is 0. The first-order valence-electron chi connectivity index (χ1n) is 15.5. The zero-order valence-electron chi connectivity index (χ0n) is 24.7. The van der Waals surface area contributed by atoms with E-state index in [9.17, 15) is 9.59 Å². The third-order valence-corrected chi connectivity index (χ3v) is 11.8. The Morgan fingerprint density at radius 1 is 0.950 bits per heavy atom. The van der Waals surface area contributed by atoms with Gasteiger partial charge in [0.15, 0.2) is 0 Å². The molecule has 4 aliphatic rings. The lowest BCUT2D eigenvalue weighted by molar-refractivity contribution is -0.159. The van der Waals surface area contributed by atoms with Crippen molar-refractivity contribution >= 4 is 12.0 Å². The molecule has 3 saturated carbocycles. The highest BCUT2D eigenvalue weighted by Gasteiger charge is 2.62. The highest BCUT2D eigenvalue weighted by molar-refractivity contribution is 5.77. The number of hydrogen-bond acceptors (Lipinski definition) is 3. The molecule has 2 aromatic rings. The molecule has 0 bridgehead atoms. The molecular weight excluding hydrogens is 496 g/mol. The van der Waals surface area contributed by atoms with Gasteiger partial charge in [0.2, 0.25) is 5.91 Å². The molecular formula is C35H46N2O3. The predicted molar refractivity (Wildman–Crippen MR) is 158 cm³/mol. The summed E-state index contributed by atoms with van der Waals surface area (Å²) in [5.41, 5.74) is 3.76. The van der Waals surface area contributed by atoms with Gasteiger partial charge in [-0.2, -0.15) is 0 Å². The van der Waals surface area contributed by atoms with E-state index in [-0.39, 0.29) is 29.1 Å². The van der Waals surface area contributed by atoms with Gasteiger partial charge in [-0.15, -0.1) is 0 Å². The molecule has 8 atom stereocenters. The molecule has 1 aliphatic heterocycles. The number of likely N-dealkylation sites (tertiary alicyclic amines) is 1. The minimum atomic E-state index is -0.293. The van der Waals surface area contributed by atoms with Gasteiger partial charge in [-0.25, -0.2) is 4.79 Å². The van der Waals surface area contributed by atoms with Gasteiger partial charge in [-0.3, -0.25) is 4.79 Å². The maximum Gasteiger partial charge on any atom is 0.407 e. The topological polar surface area (TPSA) is 58.6 Å². The van der Waals surface area contributed by atoms with Gasteiger partial charge in [0, 0.05) is 24.9 Å². The normalized spacial score (nSPS) is 35.8. The van der Waals surface area contributed by atoms with Crippen molar-refractivity contribution in [3.05, 3.63) is 71.3 Å². The molecule has 2 aromatic carbocycles. The molecule has 5 nitrogen and oxygen atoms in total. The molecule has 1 unspecified atom stereocenters. The Balaban J connectivity index is 1.15. The second-order valence-electron chi connectivity index (χ2n) is 13.8. The van der Waals surface area contributed by atoms with Crippen molar-refractivity contribution in [2.75, 3.05) is 7.05 Å². The molecule has 1 saturated heterocycles. The van der Waals surface area contributed by atoms with Crippen LogP contribution < -0.4 is 5.32 Å². The van der Waals surface area contributed by atoms with Crippen LogP contribution in [0.15, 0.2) is 54.6 Å². The van der Waals surface area contributed by atoms with E-state index in [0.717, 1.165) is 44.1 Å². The lowest BCUT2D eigenvalue weighted by atomic mass is 9.47. The van der Waals surface area contributed by atoms with Crippen LogP contribution >= 0.6 is 0 Å². The van der Waals surface area contributed by atoms with Gasteiger partial charge in [0.05, 0.1) is 6.04 Å². The summed E-state index contributed by atoms with van der Waals surface area (Å²) in [5, 5.41) is 3.25. The molecule has 214 valence electrons. The number of ether oxygens (including phenoxy) is 1. The Labute approximate surface area is 240 Å². The SMILES string of the molecule is Cc1ccc(CC(NC(=O)O[C@H]2CC[C@H]3[C@@H]4CC[C@H]5N(C)C(=O)CC[C@]5(C)[C@H]4CC[C@]23C)c2ccccc2)cc1. The van der Waals surface area contributed by atoms with Crippen LogP contribution in [0.4, 0.5) is 4.79 Å². The van der Waals surface area contributed by atoms with Crippen LogP contribution in [-0.4, -0.2) is 36.1 Å². The number of nitrogens with one attached hydrogen (secondary N) is 1. The van der Waals surface area contributed by atoms with Gasteiger partial charge >= 0.3 is 6.09 Å². The first kappa shape index (κ1) is 27.4. The zero-order valence-corrected chi connectivity index (χ0v) is 24.7. The summed E-state index contributed by atoms with van der Waals surface area (Å²) in [5.74, 6) is 2.22. The van der Waals surface area contributed by atoms with Gasteiger partial charge in [-0.05, 0) is 92.6 Å². The van der Waals surface area contributed by atoms with E-state index >= 15 is 0 Å². The van der Waals surface area contributed by atoms with Crippen molar-refractivity contribution in [2.24, 2.45) is 28.6 Å². The Kier molecular flexibility index (Phi) is 7.21. The predicted octanol–water partition coefficient (Wildman–Crippen LogP) is 7.24. The fourth-order valence-electron chi connectivity index (χ4n) is 9.50. The molecule has 0 radical (unpaired) electrons. The van der Waals surface area contributed by atoms with E-state index in [1.54, 1.807) is 0 Å². The Hall–Kier alpha value is -2.82. The lowest BCUT2D eigenvalue weighted by Gasteiger charge is -2.61. The van der Waals surface area contributed by atoms with Crippen LogP contribution in [0.2, 0.25) is 0 Å². The largest absolute Gasteiger partial charge is 0.446 e. The molecule has 40 heavy (non-hydrogen) atoms. The molecule has 5 heteroatoms. The van der Waals surface area contributed by atoms with E-state index in [4.69, 9.17) is 4.74 Å². The second kappa shape index (κ2) is 10.5. The molecule has 1 heterocycles. The number of carbonyl (C=O) groups excluding carboxylic acids is 2. The summed E-state index contributed by atoms with van der Waals surface area (Å²) in [6.07, 6.45) is 8.75. The van der Waals surface area contributed by atoms with Crippen molar-refractivity contribution in [1.82, 2.24) is 10.2 Å². The maximum atomic E-state index is 13.5. The summed E-state index contributed by atoms with van der Waals surface area (Å²) in [4.78, 5) is 28.0. The summed E-state index contributed by atoms with van der Waals surface area (Å²) < 4.78 is 6.33. The number of amides is 2. The molecule has 6 rings (SSSR count). The first-order chi connectivity index (χ1) is 19.2. The van der Waals surface area contributed by atoms with E-state index in [2.05, 4.69) is 67.4 Å². The molecule has 1 N–H and O–H groups in total. The zero-order chi connectivity index (χ0) is 28.1. The van der Waals surface area contributed by atoms with Gasteiger partial charge in [0.25, 0.3) is 0 Å². The molecule has 2 amide bonds. The van der Waals surface area contributed by atoms with Gasteiger partial charge in [0.1, 0.15) is 6.10 Å². The van der Waals surface area contributed by atoms with Crippen LogP contribution in [-0.2, 0) is 16.0 Å². The fraction of sp³-hybridized carbons (Fsp3) is 0.600. The minimum Gasteiger partial charge on any atom is -0.446 e. The summed E-state index contributed by atoms with van der Waals surface area (Å²) in [6.45, 7) is 6.95. The number of aryl methyl sites for hydroxylation is 1. The number of carbonyl (C=O) groups is 2. The van der Waals surface area contributed by atoms with Crippen molar-refractivity contribution in [3.8, 4) is 0 Å². The van der Waals surface area contributed by atoms with Crippen molar-refractivity contribution in [2.45, 2.75) is 96.7 Å². The number of fused-ring (bicyclic) bond motifs is 5. The number of alkyl carbamates (subject to hydrolysis) is 1. The van der Waals surface area contributed by atoms with Crippen molar-refractivity contribution in [1.29, 1.82) is 0 Å². The quantitative estimate of drug-likeness (QED) is 0.433. The van der Waals surface area contributed by atoms with E-state index in [1.165, 1.54) is 24.0 Å². The molecule has 3 aliphatic carbocycles. The molecule has 0 spiro atoms. The number of benzene rings is 2. The highest BCUT2D eigenvalue weighted by Crippen LogP contribution is 2.65. The number of nitrogens with zero attached hydrogens (tertiary/aromatic N) is 1. The Morgan fingerprint density at radius 3 is 2.42 bits per heavy atom. The lowest BCUT2D eigenvalue weighted by Crippen LogP contribution is -2.61. The van der Waals surface area contributed by atoms with Crippen LogP contribution in [0.1, 0.15) is 87.9 Å². The number of hydrogen-bond donors (Lipinski definition) is 1. The Morgan fingerprint density at radius 2 is 1.68 bits per heavy atom. The smallest absolute Gasteiger partial charge is 0.407 e. The third-order valence-electron chi connectivity index (χ3n) is 11.8. The van der Waals surface area contributed by atoms with E-state index in [0.29, 0.717) is 36.1 Å². The molecule has 0 aromatic heterocycles. The van der Waals surface area contributed by atoms with Crippen molar-refractivity contribution in [3.63, 3.8) is 0 Å². The van der Waals surface area contributed by atoms with E-state index in [1.807, 2.05) is 25.2 Å². The average molecular weight is 543 g/mol. The summed E-state index contributed by atoms with van der Waals surface area (Å²) in [6, 6.07) is 19.0. The second-order valence-corrected chi connectivity index (χ2v) is 13.8. The number of piperidine rings is 1. The fourth-order valence-corrected chi connectivity index (χ4v) is 9.50. The minimum absolute atomic E-state index is 0.0251. The van der Waals surface area contributed by atoms with E-state index < -0.39 is 0 Å². The van der Waals surface area contributed by atoms with Crippen LogP contribution in [0.3, 0.4) is 0 Å². The van der Waals surface area contributed by atoms with Gasteiger partial charge in [-0.1, -0.05) is 74.0 Å². The van der Waals surface area contributed by atoms with Crippen LogP contribution in [0, 0.1) is 35.5 Å². The Bertz CT molecular complexity index is 1230. The molecule has 4 fully saturated rings. The number of rotatable bonds is 5. The van der Waals surface area contributed by atoms with Gasteiger partial charge < -0.3 is 15.0 Å². The first-order valence-corrected chi connectivity index (χ1v) is 15.5. The third kappa shape index (κ3) is 4.73.